The van der Waals surface area contributed by atoms with Gasteiger partial charge in [-0.3, -0.25) is 4.79 Å². The predicted octanol–water partition coefficient (Wildman–Crippen LogP) is 2.36. The molecule has 0 spiro atoms. The SMILES string of the molecule is O=C1c2ccccc2O[C@H]1[C@H](O)c1ccccc1. The van der Waals surface area contributed by atoms with E-state index in [1.807, 2.05) is 24.3 Å². The molecular weight excluding hydrogens is 228 g/mol. The summed E-state index contributed by atoms with van der Waals surface area (Å²) < 4.78 is 5.54. The molecule has 1 N–H and O–H groups in total. The van der Waals surface area contributed by atoms with Gasteiger partial charge in [-0.25, -0.2) is 0 Å². The van der Waals surface area contributed by atoms with Crippen LogP contribution < -0.4 is 4.74 Å². The van der Waals surface area contributed by atoms with Crippen molar-refractivity contribution in [2.24, 2.45) is 0 Å². The third-order valence-corrected chi connectivity index (χ3v) is 3.09. The summed E-state index contributed by atoms with van der Waals surface area (Å²) in [6.45, 7) is 0. The second-order valence-corrected chi connectivity index (χ2v) is 4.25. The van der Waals surface area contributed by atoms with Crippen LogP contribution in [0, 0.1) is 0 Å². The van der Waals surface area contributed by atoms with E-state index < -0.39 is 12.2 Å². The third kappa shape index (κ3) is 1.69. The van der Waals surface area contributed by atoms with Gasteiger partial charge in [-0.1, -0.05) is 42.5 Å². The number of aliphatic hydroxyl groups is 1. The van der Waals surface area contributed by atoms with Gasteiger partial charge in [0.2, 0.25) is 5.78 Å². The van der Waals surface area contributed by atoms with Crippen molar-refractivity contribution in [3.63, 3.8) is 0 Å². The standard InChI is InChI=1S/C15H12O3/c16-13(10-6-2-1-3-7-10)15-14(17)11-8-4-5-9-12(11)18-15/h1-9,13,15-16H/t13-,15+/m1/s1. The summed E-state index contributed by atoms with van der Waals surface area (Å²) in [5, 5.41) is 10.2. The van der Waals surface area contributed by atoms with Crippen molar-refractivity contribution in [3.8, 4) is 5.75 Å². The van der Waals surface area contributed by atoms with Crippen LogP contribution in [0.25, 0.3) is 0 Å². The fraction of sp³-hybridized carbons (Fsp3) is 0.133. The van der Waals surface area contributed by atoms with Crippen LogP contribution in [0.4, 0.5) is 0 Å². The first-order valence-corrected chi connectivity index (χ1v) is 5.80. The highest BCUT2D eigenvalue weighted by atomic mass is 16.5. The minimum absolute atomic E-state index is 0.165. The van der Waals surface area contributed by atoms with Gasteiger partial charge in [0.05, 0.1) is 5.56 Å². The minimum atomic E-state index is -0.939. The van der Waals surface area contributed by atoms with Crippen LogP contribution in [0.2, 0.25) is 0 Å². The number of hydrogen-bond donors (Lipinski definition) is 1. The number of para-hydroxylation sites is 1. The lowest BCUT2D eigenvalue weighted by molar-refractivity contribution is 0.0407. The van der Waals surface area contributed by atoms with Gasteiger partial charge >= 0.3 is 0 Å². The van der Waals surface area contributed by atoms with Gasteiger partial charge in [0.15, 0.2) is 6.10 Å². The number of carbonyl (C=O) groups excluding carboxylic acids is 1. The highest BCUT2D eigenvalue weighted by Crippen LogP contribution is 2.33. The van der Waals surface area contributed by atoms with Crippen LogP contribution in [-0.4, -0.2) is 17.0 Å². The van der Waals surface area contributed by atoms with Gasteiger partial charge in [0.25, 0.3) is 0 Å². The quantitative estimate of drug-likeness (QED) is 0.876. The largest absolute Gasteiger partial charge is 0.478 e. The van der Waals surface area contributed by atoms with Crippen molar-refractivity contribution < 1.29 is 14.6 Å². The molecule has 2 atom stereocenters. The lowest BCUT2D eigenvalue weighted by Crippen LogP contribution is -2.28. The zero-order valence-electron chi connectivity index (χ0n) is 9.61. The molecule has 2 aromatic rings. The Kier molecular flexibility index (Phi) is 2.61. The van der Waals surface area contributed by atoms with E-state index in [9.17, 15) is 9.90 Å². The zero-order valence-corrected chi connectivity index (χ0v) is 9.61. The normalized spacial score (nSPS) is 19.2. The van der Waals surface area contributed by atoms with Crippen LogP contribution in [0.1, 0.15) is 22.0 Å². The van der Waals surface area contributed by atoms with Crippen LogP contribution in [0.3, 0.4) is 0 Å². The molecule has 0 radical (unpaired) electrons. The van der Waals surface area contributed by atoms with Crippen molar-refractivity contribution in [2.75, 3.05) is 0 Å². The first kappa shape index (κ1) is 11.0. The topological polar surface area (TPSA) is 46.5 Å². The van der Waals surface area contributed by atoms with Gasteiger partial charge in [-0.2, -0.15) is 0 Å². The van der Waals surface area contributed by atoms with Crippen molar-refractivity contribution in [2.45, 2.75) is 12.2 Å². The molecule has 18 heavy (non-hydrogen) atoms. The summed E-state index contributed by atoms with van der Waals surface area (Å²) in [7, 11) is 0. The molecule has 0 saturated heterocycles. The number of aliphatic hydroxyl groups excluding tert-OH is 1. The van der Waals surface area contributed by atoms with Crippen molar-refractivity contribution in [3.05, 3.63) is 65.7 Å². The number of ether oxygens (including phenoxy) is 1. The highest BCUT2D eigenvalue weighted by Gasteiger charge is 2.37. The average molecular weight is 240 g/mol. The van der Waals surface area contributed by atoms with Crippen molar-refractivity contribution >= 4 is 5.78 Å². The van der Waals surface area contributed by atoms with E-state index >= 15 is 0 Å². The molecule has 2 aromatic carbocycles. The van der Waals surface area contributed by atoms with Crippen molar-refractivity contribution in [1.29, 1.82) is 0 Å². The maximum Gasteiger partial charge on any atom is 0.210 e. The van der Waals surface area contributed by atoms with E-state index in [2.05, 4.69) is 0 Å². The number of ketones is 1. The Bertz CT molecular complexity index is 577. The Morgan fingerprint density at radius 3 is 2.39 bits per heavy atom. The molecule has 0 aromatic heterocycles. The molecule has 0 bridgehead atoms. The number of carbonyl (C=O) groups is 1. The maximum atomic E-state index is 12.1. The second kappa shape index (κ2) is 4.27. The Morgan fingerprint density at radius 1 is 1.00 bits per heavy atom. The molecule has 0 amide bonds. The Labute approximate surface area is 105 Å². The molecule has 1 heterocycles. The molecule has 90 valence electrons. The molecule has 0 saturated carbocycles. The van der Waals surface area contributed by atoms with E-state index in [-0.39, 0.29) is 5.78 Å². The van der Waals surface area contributed by atoms with Crippen LogP contribution >= 0.6 is 0 Å². The summed E-state index contributed by atoms with van der Waals surface area (Å²) in [4.78, 5) is 12.1. The smallest absolute Gasteiger partial charge is 0.210 e. The van der Waals surface area contributed by atoms with Crippen LogP contribution in [0.5, 0.6) is 5.75 Å². The monoisotopic (exact) mass is 240 g/mol. The first-order valence-electron chi connectivity index (χ1n) is 5.80. The molecule has 3 rings (SSSR count). The number of Topliss-reactive ketones (excluding diaryl/α,β-unsaturated/α-hetero) is 1. The molecule has 0 aliphatic carbocycles. The van der Waals surface area contributed by atoms with Crippen LogP contribution in [-0.2, 0) is 0 Å². The fourth-order valence-corrected chi connectivity index (χ4v) is 2.15. The van der Waals surface area contributed by atoms with Gasteiger partial charge in [-0.05, 0) is 17.7 Å². The Balaban J connectivity index is 1.91. The molecular formula is C15H12O3. The van der Waals surface area contributed by atoms with E-state index in [0.29, 0.717) is 16.9 Å². The summed E-state index contributed by atoms with van der Waals surface area (Å²) >= 11 is 0. The van der Waals surface area contributed by atoms with Gasteiger partial charge in [-0.15, -0.1) is 0 Å². The summed E-state index contributed by atoms with van der Waals surface area (Å²) in [6, 6.07) is 16.1. The van der Waals surface area contributed by atoms with Crippen molar-refractivity contribution in [1.82, 2.24) is 0 Å². The van der Waals surface area contributed by atoms with E-state index in [4.69, 9.17) is 4.74 Å². The highest BCUT2D eigenvalue weighted by molar-refractivity contribution is 6.04. The van der Waals surface area contributed by atoms with Gasteiger partial charge < -0.3 is 9.84 Å². The lowest BCUT2D eigenvalue weighted by Gasteiger charge is -2.16. The van der Waals surface area contributed by atoms with Gasteiger partial charge in [0, 0.05) is 0 Å². The number of hydrogen-bond acceptors (Lipinski definition) is 3. The van der Waals surface area contributed by atoms with E-state index in [1.54, 1.807) is 30.3 Å². The Morgan fingerprint density at radius 2 is 1.67 bits per heavy atom. The molecule has 1 aliphatic rings. The molecule has 0 unspecified atom stereocenters. The minimum Gasteiger partial charge on any atom is -0.478 e. The Hall–Kier alpha value is -2.13. The number of fused-ring (bicyclic) bond motifs is 1. The average Bonchev–Trinajstić information content (AvgIpc) is 2.77. The summed E-state index contributed by atoms with van der Waals surface area (Å²) in [6.07, 6.45) is -1.78. The molecule has 3 heteroatoms. The molecule has 3 nitrogen and oxygen atoms in total. The third-order valence-electron chi connectivity index (χ3n) is 3.09. The predicted molar refractivity (Wildman–Crippen MR) is 66.6 cm³/mol. The maximum absolute atomic E-state index is 12.1. The molecule has 1 aliphatic heterocycles. The first-order chi connectivity index (χ1) is 8.77. The van der Waals surface area contributed by atoms with Crippen LogP contribution in [0.15, 0.2) is 54.6 Å². The summed E-state index contributed by atoms with van der Waals surface area (Å²) in [5.41, 5.74) is 1.22. The zero-order chi connectivity index (χ0) is 12.5. The van der Waals surface area contributed by atoms with E-state index in [1.165, 1.54) is 0 Å². The van der Waals surface area contributed by atoms with E-state index in [0.717, 1.165) is 0 Å². The lowest BCUT2D eigenvalue weighted by atomic mass is 9.99. The molecule has 0 fully saturated rings. The summed E-state index contributed by atoms with van der Waals surface area (Å²) in [5.74, 6) is 0.379. The fourth-order valence-electron chi connectivity index (χ4n) is 2.15. The second-order valence-electron chi connectivity index (χ2n) is 4.25. The van der Waals surface area contributed by atoms with Gasteiger partial charge in [0.1, 0.15) is 11.9 Å². The number of rotatable bonds is 2. The number of benzene rings is 2.